The lowest BCUT2D eigenvalue weighted by Crippen LogP contribution is -2.61. The van der Waals surface area contributed by atoms with Crippen LogP contribution in [0.5, 0.6) is 0 Å². The molecule has 0 saturated heterocycles. The number of nitrogens with one attached hydrogen (secondary N) is 1. The number of nitrogens with two attached hydrogens (primary N) is 1. The Balaban J connectivity index is 2.20. The highest BCUT2D eigenvalue weighted by Crippen LogP contribution is 2.35. The Labute approximate surface area is 122 Å². The molecule has 1 fully saturated rings. The number of likely N-dealkylation sites (N-methyl/N-ethyl adjacent to an activating group) is 1. The predicted octanol–water partition coefficient (Wildman–Crippen LogP) is 2.11. The zero-order valence-corrected chi connectivity index (χ0v) is 12.8. The number of hydrogen-bond acceptors (Lipinski definition) is 4. The van der Waals surface area contributed by atoms with Gasteiger partial charge in [-0.1, -0.05) is 31.7 Å². The van der Waals surface area contributed by atoms with Gasteiger partial charge in [-0.25, -0.2) is 0 Å². The van der Waals surface area contributed by atoms with Crippen LogP contribution >= 0.6 is 0 Å². The number of pyridine rings is 1. The van der Waals surface area contributed by atoms with Crippen molar-refractivity contribution in [2.24, 2.45) is 5.84 Å². The number of hydrogen-bond donors (Lipinski definition) is 2. The Morgan fingerprint density at radius 1 is 1.30 bits per heavy atom. The molecule has 1 aromatic heterocycles. The summed E-state index contributed by atoms with van der Waals surface area (Å²) in [6.45, 7) is 0. The van der Waals surface area contributed by atoms with Crippen molar-refractivity contribution in [2.75, 3.05) is 14.1 Å². The van der Waals surface area contributed by atoms with E-state index < -0.39 is 0 Å². The Kier molecular flexibility index (Phi) is 5.52. The Morgan fingerprint density at radius 3 is 2.50 bits per heavy atom. The van der Waals surface area contributed by atoms with Crippen molar-refractivity contribution in [2.45, 2.75) is 56.5 Å². The molecule has 1 aromatic rings. The van der Waals surface area contributed by atoms with E-state index in [1.165, 1.54) is 44.1 Å². The molecule has 1 atom stereocenters. The van der Waals surface area contributed by atoms with Crippen LogP contribution < -0.4 is 11.3 Å². The summed E-state index contributed by atoms with van der Waals surface area (Å²) < 4.78 is 0. The molecule has 0 spiro atoms. The van der Waals surface area contributed by atoms with Crippen LogP contribution in [0, 0.1) is 0 Å². The molecule has 0 bridgehead atoms. The van der Waals surface area contributed by atoms with E-state index in [-0.39, 0.29) is 11.6 Å². The predicted molar refractivity (Wildman–Crippen MR) is 83.2 cm³/mol. The summed E-state index contributed by atoms with van der Waals surface area (Å²) in [7, 11) is 4.39. The van der Waals surface area contributed by atoms with Crippen molar-refractivity contribution in [1.29, 1.82) is 0 Å². The molecule has 0 amide bonds. The van der Waals surface area contributed by atoms with Crippen LogP contribution in [0.15, 0.2) is 24.5 Å². The Morgan fingerprint density at radius 2 is 2.00 bits per heavy atom. The first-order valence-electron chi connectivity index (χ1n) is 7.71. The molecular formula is C16H28N4. The fourth-order valence-electron chi connectivity index (χ4n) is 3.61. The highest BCUT2D eigenvalue weighted by molar-refractivity contribution is 5.13. The normalized spacial score (nSPS) is 20.6. The van der Waals surface area contributed by atoms with Gasteiger partial charge in [0.2, 0.25) is 0 Å². The van der Waals surface area contributed by atoms with Crippen molar-refractivity contribution in [3.8, 4) is 0 Å². The van der Waals surface area contributed by atoms with Gasteiger partial charge in [0.1, 0.15) is 0 Å². The van der Waals surface area contributed by atoms with E-state index in [1.807, 2.05) is 18.5 Å². The summed E-state index contributed by atoms with van der Waals surface area (Å²) >= 11 is 0. The summed E-state index contributed by atoms with van der Waals surface area (Å²) in [6.07, 6.45) is 12.4. The lowest BCUT2D eigenvalue weighted by molar-refractivity contribution is 0.0801. The second-order valence-electron chi connectivity index (χ2n) is 6.20. The van der Waals surface area contributed by atoms with Gasteiger partial charge in [-0.2, -0.15) is 0 Å². The second-order valence-corrected chi connectivity index (χ2v) is 6.20. The Hall–Kier alpha value is -0.970. The van der Waals surface area contributed by atoms with Gasteiger partial charge in [0, 0.05) is 24.0 Å². The van der Waals surface area contributed by atoms with Crippen LogP contribution in [-0.4, -0.2) is 35.6 Å². The summed E-state index contributed by atoms with van der Waals surface area (Å²) in [6, 6.07) is 4.40. The third-order valence-corrected chi connectivity index (χ3v) is 4.87. The van der Waals surface area contributed by atoms with Crippen molar-refractivity contribution in [3.63, 3.8) is 0 Å². The number of aromatic nitrogens is 1. The van der Waals surface area contributed by atoms with Crippen molar-refractivity contribution < 1.29 is 0 Å². The van der Waals surface area contributed by atoms with E-state index in [0.717, 1.165) is 6.42 Å². The van der Waals surface area contributed by atoms with Gasteiger partial charge in [0.25, 0.3) is 0 Å². The SMILES string of the molecule is CN(C)C1(C(Cc2cccnc2)NN)CCCCCC1. The highest BCUT2D eigenvalue weighted by atomic mass is 15.3. The van der Waals surface area contributed by atoms with Gasteiger partial charge < -0.3 is 4.90 Å². The van der Waals surface area contributed by atoms with Gasteiger partial charge in [-0.15, -0.1) is 0 Å². The zero-order chi connectivity index (χ0) is 14.4. The molecule has 0 aromatic carbocycles. The maximum absolute atomic E-state index is 5.93. The lowest BCUT2D eigenvalue weighted by atomic mass is 9.79. The van der Waals surface area contributed by atoms with E-state index in [2.05, 4.69) is 35.5 Å². The number of nitrogens with zero attached hydrogens (tertiary/aromatic N) is 2. The molecule has 0 radical (unpaired) electrons. The number of rotatable bonds is 5. The molecule has 20 heavy (non-hydrogen) atoms. The Bertz CT molecular complexity index is 383. The van der Waals surface area contributed by atoms with E-state index in [9.17, 15) is 0 Å². The van der Waals surface area contributed by atoms with Gasteiger partial charge in [0.15, 0.2) is 0 Å². The molecule has 1 aliphatic rings. The summed E-state index contributed by atoms with van der Waals surface area (Å²) in [5.41, 5.74) is 4.51. The smallest absolute Gasteiger partial charge is 0.0435 e. The first kappa shape index (κ1) is 15.4. The number of hydrazine groups is 1. The lowest BCUT2D eigenvalue weighted by Gasteiger charge is -2.45. The minimum Gasteiger partial charge on any atom is -0.302 e. The largest absolute Gasteiger partial charge is 0.302 e. The van der Waals surface area contributed by atoms with Crippen LogP contribution in [0.2, 0.25) is 0 Å². The van der Waals surface area contributed by atoms with Gasteiger partial charge in [0.05, 0.1) is 0 Å². The summed E-state index contributed by atoms with van der Waals surface area (Å²) in [5, 5.41) is 0. The first-order chi connectivity index (χ1) is 9.69. The molecular weight excluding hydrogens is 248 g/mol. The molecule has 0 aliphatic heterocycles. The molecule has 1 unspecified atom stereocenters. The van der Waals surface area contributed by atoms with Crippen LogP contribution in [0.4, 0.5) is 0 Å². The molecule has 4 nitrogen and oxygen atoms in total. The van der Waals surface area contributed by atoms with Gasteiger partial charge in [-0.3, -0.25) is 16.3 Å². The fourth-order valence-corrected chi connectivity index (χ4v) is 3.61. The van der Waals surface area contributed by atoms with Crippen LogP contribution in [-0.2, 0) is 6.42 Å². The minimum absolute atomic E-state index is 0.154. The zero-order valence-electron chi connectivity index (χ0n) is 12.8. The van der Waals surface area contributed by atoms with Crippen LogP contribution in [0.25, 0.3) is 0 Å². The maximum Gasteiger partial charge on any atom is 0.0435 e. The average molecular weight is 276 g/mol. The van der Waals surface area contributed by atoms with Crippen molar-refractivity contribution >= 4 is 0 Å². The topological polar surface area (TPSA) is 54.2 Å². The molecule has 3 N–H and O–H groups in total. The highest BCUT2D eigenvalue weighted by Gasteiger charge is 2.40. The quantitative estimate of drug-likeness (QED) is 0.491. The van der Waals surface area contributed by atoms with E-state index >= 15 is 0 Å². The maximum atomic E-state index is 5.93. The van der Waals surface area contributed by atoms with Crippen LogP contribution in [0.3, 0.4) is 0 Å². The molecule has 4 heteroatoms. The van der Waals surface area contributed by atoms with Gasteiger partial charge in [-0.05, 0) is 45.0 Å². The third-order valence-electron chi connectivity index (χ3n) is 4.87. The van der Waals surface area contributed by atoms with E-state index in [0.29, 0.717) is 0 Å². The van der Waals surface area contributed by atoms with Crippen LogP contribution in [0.1, 0.15) is 44.1 Å². The molecule has 112 valence electrons. The molecule has 2 rings (SSSR count). The summed E-state index contributed by atoms with van der Waals surface area (Å²) in [4.78, 5) is 6.61. The van der Waals surface area contributed by atoms with Gasteiger partial charge >= 0.3 is 0 Å². The average Bonchev–Trinajstić information content (AvgIpc) is 2.72. The first-order valence-corrected chi connectivity index (χ1v) is 7.71. The standard InChI is InChI=1S/C16H28N4/c1-20(2)16(9-5-3-4-6-10-16)15(19-17)12-14-8-7-11-18-13-14/h7-8,11,13,15,19H,3-6,9-10,12,17H2,1-2H3. The monoisotopic (exact) mass is 276 g/mol. The minimum atomic E-state index is 0.154. The second kappa shape index (κ2) is 7.16. The summed E-state index contributed by atoms with van der Waals surface area (Å²) in [5.74, 6) is 5.93. The van der Waals surface area contributed by atoms with Crippen molar-refractivity contribution in [3.05, 3.63) is 30.1 Å². The van der Waals surface area contributed by atoms with E-state index in [4.69, 9.17) is 5.84 Å². The fraction of sp³-hybridized carbons (Fsp3) is 0.688. The van der Waals surface area contributed by atoms with E-state index in [1.54, 1.807) is 0 Å². The molecule has 1 heterocycles. The molecule has 1 aliphatic carbocycles. The molecule has 1 saturated carbocycles. The van der Waals surface area contributed by atoms with Crippen molar-refractivity contribution in [1.82, 2.24) is 15.3 Å². The third kappa shape index (κ3) is 3.37.